The Morgan fingerprint density at radius 1 is 1.50 bits per heavy atom. The summed E-state index contributed by atoms with van der Waals surface area (Å²) in [4.78, 5) is 0. The van der Waals surface area contributed by atoms with Gasteiger partial charge in [0.1, 0.15) is 6.10 Å². The second-order valence-corrected chi connectivity index (χ2v) is 3.96. The molecule has 4 heteroatoms. The van der Waals surface area contributed by atoms with Gasteiger partial charge in [-0.1, -0.05) is 20.8 Å². The van der Waals surface area contributed by atoms with E-state index in [-0.39, 0.29) is 11.5 Å². The maximum Gasteiger partial charge on any atom is 0.746 e. The van der Waals surface area contributed by atoms with Crippen molar-refractivity contribution in [3.05, 3.63) is 0 Å². The summed E-state index contributed by atoms with van der Waals surface area (Å²) < 4.78 is 26.2. The minimum atomic E-state index is -2.95. The van der Waals surface area contributed by atoms with Gasteiger partial charge in [0.2, 0.25) is 0 Å². The molecule has 0 aliphatic heterocycles. The van der Waals surface area contributed by atoms with Crippen molar-refractivity contribution in [2.45, 2.75) is 33.8 Å². The molecule has 60 valence electrons. The average molecular weight is 167 g/mol. The zero-order valence-electron chi connectivity index (χ0n) is 6.72. The topological polar surface area (TPSA) is 26.3 Å². The van der Waals surface area contributed by atoms with Crippen LogP contribution in [-0.4, -0.2) is 6.10 Å². The van der Waals surface area contributed by atoms with Crippen molar-refractivity contribution in [3.63, 3.8) is 0 Å². The molecule has 0 heterocycles. The van der Waals surface area contributed by atoms with Crippen LogP contribution in [0.4, 0.5) is 4.20 Å². The predicted octanol–water partition coefficient (Wildman–Crippen LogP) is 3.06. The summed E-state index contributed by atoms with van der Waals surface area (Å²) in [6, 6.07) is 0. The Kier molecular flexibility index (Phi) is 3.40. The summed E-state index contributed by atoms with van der Waals surface area (Å²) in [5.41, 5.74) is -0.156. The summed E-state index contributed by atoms with van der Waals surface area (Å²) >= 11 is 0. The van der Waals surface area contributed by atoms with Gasteiger partial charge in [0.25, 0.3) is 0 Å². The zero-order chi connectivity index (χ0) is 8.36. The molecule has 0 spiro atoms. The Morgan fingerprint density at radius 2 is 1.90 bits per heavy atom. The van der Waals surface area contributed by atoms with Crippen LogP contribution in [0.3, 0.4) is 0 Å². The van der Waals surface area contributed by atoms with Crippen molar-refractivity contribution < 1.29 is 13.3 Å². The van der Waals surface area contributed by atoms with E-state index in [0.29, 0.717) is 0 Å². The van der Waals surface area contributed by atoms with Crippen molar-refractivity contribution in [2.75, 3.05) is 0 Å². The molecule has 0 N–H and O–H groups in total. The quantitative estimate of drug-likeness (QED) is 0.591. The molecule has 0 saturated heterocycles. The third-order valence-electron chi connectivity index (χ3n) is 1.46. The SMILES string of the molecule is CC(O[P+](=O)F)C(C)(C)C. The van der Waals surface area contributed by atoms with Gasteiger partial charge in [-0.05, 0) is 12.3 Å². The Hall–Kier alpha value is -0.0100. The lowest BCUT2D eigenvalue weighted by Crippen LogP contribution is -2.23. The van der Waals surface area contributed by atoms with E-state index in [9.17, 15) is 8.76 Å². The van der Waals surface area contributed by atoms with Crippen molar-refractivity contribution in [3.8, 4) is 0 Å². The molecule has 0 rings (SSSR count). The average Bonchev–Trinajstić information content (AvgIpc) is 1.60. The van der Waals surface area contributed by atoms with E-state index in [1.54, 1.807) is 6.92 Å². The molecule has 0 saturated carbocycles. The maximum absolute atomic E-state index is 11.8. The molecule has 2 nitrogen and oxygen atoms in total. The van der Waals surface area contributed by atoms with Crippen LogP contribution in [0.15, 0.2) is 0 Å². The Bertz CT molecular complexity index is 130. The van der Waals surface area contributed by atoms with Crippen LogP contribution in [0.25, 0.3) is 0 Å². The van der Waals surface area contributed by atoms with Crippen LogP contribution in [0.5, 0.6) is 0 Å². The molecule has 2 unspecified atom stereocenters. The maximum atomic E-state index is 11.8. The van der Waals surface area contributed by atoms with Crippen molar-refractivity contribution >= 4 is 8.34 Å². The Labute approximate surface area is 61.8 Å². The van der Waals surface area contributed by atoms with Gasteiger partial charge in [-0.2, -0.15) is 0 Å². The molecule has 0 aromatic carbocycles. The molecule has 10 heavy (non-hydrogen) atoms. The standard InChI is InChI=1S/C6H13FO2P/c1-5(6(2,3)4)9-10(7)8/h5H,1-4H3/q+1. The normalized spacial score (nSPS) is 16.7. The first-order chi connectivity index (χ1) is 4.34. The third kappa shape index (κ3) is 3.91. The molecule has 0 aliphatic carbocycles. The molecule has 0 fully saturated rings. The zero-order valence-corrected chi connectivity index (χ0v) is 7.61. The van der Waals surface area contributed by atoms with Crippen LogP contribution in [0.1, 0.15) is 27.7 Å². The first-order valence-corrected chi connectivity index (χ1v) is 4.20. The van der Waals surface area contributed by atoms with Crippen molar-refractivity contribution in [1.29, 1.82) is 0 Å². The first-order valence-electron chi connectivity index (χ1n) is 3.14. The molecule has 0 aliphatic rings. The van der Waals surface area contributed by atoms with E-state index in [4.69, 9.17) is 0 Å². The van der Waals surface area contributed by atoms with Gasteiger partial charge < -0.3 is 0 Å². The van der Waals surface area contributed by atoms with Crippen LogP contribution >= 0.6 is 8.34 Å². The van der Waals surface area contributed by atoms with Crippen molar-refractivity contribution in [2.24, 2.45) is 5.41 Å². The fraction of sp³-hybridized carbons (Fsp3) is 1.00. The van der Waals surface area contributed by atoms with E-state index in [1.807, 2.05) is 20.8 Å². The van der Waals surface area contributed by atoms with E-state index in [2.05, 4.69) is 4.52 Å². The molecule has 0 bridgehead atoms. The summed E-state index contributed by atoms with van der Waals surface area (Å²) in [5.74, 6) is 0. The van der Waals surface area contributed by atoms with Gasteiger partial charge in [-0.15, -0.1) is 4.52 Å². The predicted molar refractivity (Wildman–Crippen MR) is 38.7 cm³/mol. The summed E-state index contributed by atoms with van der Waals surface area (Å²) in [6.07, 6.45) is -0.318. The van der Waals surface area contributed by atoms with E-state index < -0.39 is 8.34 Å². The van der Waals surface area contributed by atoms with E-state index >= 15 is 0 Å². The lowest BCUT2D eigenvalue weighted by Gasteiger charge is -2.20. The highest BCUT2D eigenvalue weighted by atomic mass is 31.2. The lowest BCUT2D eigenvalue weighted by molar-refractivity contribution is 0.105. The number of hydrogen-bond acceptors (Lipinski definition) is 2. The molecule has 0 radical (unpaired) electrons. The Balaban J connectivity index is 3.85. The monoisotopic (exact) mass is 167 g/mol. The van der Waals surface area contributed by atoms with Gasteiger partial charge in [0.05, 0.1) is 4.20 Å². The van der Waals surface area contributed by atoms with E-state index in [1.165, 1.54) is 0 Å². The smallest absolute Gasteiger partial charge is 0.112 e. The summed E-state index contributed by atoms with van der Waals surface area (Å²) in [5, 5.41) is 0. The second-order valence-electron chi connectivity index (χ2n) is 3.33. The fourth-order valence-corrected chi connectivity index (χ4v) is 0.847. The van der Waals surface area contributed by atoms with Crippen LogP contribution in [0.2, 0.25) is 0 Å². The molecule has 0 aromatic rings. The third-order valence-corrected chi connectivity index (χ3v) is 1.94. The second kappa shape index (κ2) is 3.40. The molecular formula is C6H13FO2P+. The molecular weight excluding hydrogens is 154 g/mol. The Morgan fingerprint density at radius 3 is 2.00 bits per heavy atom. The lowest BCUT2D eigenvalue weighted by atomic mass is 9.91. The number of hydrogen-bond donors (Lipinski definition) is 0. The summed E-state index contributed by atoms with van der Waals surface area (Å²) in [6.45, 7) is 7.40. The minimum Gasteiger partial charge on any atom is -0.112 e. The first kappa shape index (κ1) is 9.99. The minimum absolute atomic E-state index is 0.156. The van der Waals surface area contributed by atoms with Crippen LogP contribution < -0.4 is 0 Å². The van der Waals surface area contributed by atoms with E-state index in [0.717, 1.165) is 0 Å². The van der Waals surface area contributed by atoms with Gasteiger partial charge >= 0.3 is 8.34 Å². The highest BCUT2D eigenvalue weighted by molar-refractivity contribution is 7.32. The number of halogens is 1. The van der Waals surface area contributed by atoms with Gasteiger partial charge in [-0.3, -0.25) is 0 Å². The fourth-order valence-electron chi connectivity index (χ4n) is 0.282. The summed E-state index contributed by atoms with van der Waals surface area (Å²) in [7, 11) is -2.95. The molecule has 0 amide bonds. The van der Waals surface area contributed by atoms with Gasteiger partial charge in [0, 0.05) is 4.57 Å². The van der Waals surface area contributed by atoms with Crippen LogP contribution in [-0.2, 0) is 9.09 Å². The molecule has 0 aromatic heterocycles. The largest absolute Gasteiger partial charge is 0.746 e. The highest BCUT2D eigenvalue weighted by Gasteiger charge is 2.30. The van der Waals surface area contributed by atoms with Gasteiger partial charge in [-0.25, -0.2) is 0 Å². The van der Waals surface area contributed by atoms with Crippen LogP contribution in [0, 0.1) is 5.41 Å². The van der Waals surface area contributed by atoms with Crippen molar-refractivity contribution in [1.82, 2.24) is 0 Å². The van der Waals surface area contributed by atoms with Gasteiger partial charge in [0.15, 0.2) is 0 Å². The molecule has 2 atom stereocenters. The highest BCUT2D eigenvalue weighted by Crippen LogP contribution is 2.32. The number of rotatable bonds is 2.